The number of carbonyl (C=O) groups excluding carboxylic acids is 1. The maximum atomic E-state index is 12.0. The summed E-state index contributed by atoms with van der Waals surface area (Å²) in [7, 11) is 1.96. The molecule has 0 saturated heterocycles. The minimum Gasteiger partial charge on any atom is -0.461 e. The van der Waals surface area contributed by atoms with Crippen LogP contribution in [0.4, 0.5) is 5.00 Å². The molecule has 0 atom stereocenters. The van der Waals surface area contributed by atoms with E-state index in [0.717, 1.165) is 43.0 Å². The molecule has 7 heteroatoms. The van der Waals surface area contributed by atoms with Gasteiger partial charge in [-0.1, -0.05) is 11.3 Å². The average molecular weight is 334 g/mol. The molecule has 0 aliphatic carbocycles. The fourth-order valence-electron chi connectivity index (χ4n) is 2.79. The van der Waals surface area contributed by atoms with Crippen LogP contribution in [0.5, 0.6) is 0 Å². The quantitative estimate of drug-likeness (QED) is 0.805. The molecule has 0 radical (unpaired) electrons. The van der Waals surface area contributed by atoms with Gasteiger partial charge in [0.25, 0.3) is 0 Å². The number of aryl methyl sites for hydroxylation is 2. The molecule has 2 aromatic rings. The van der Waals surface area contributed by atoms with Gasteiger partial charge in [0.15, 0.2) is 0 Å². The minimum absolute atomic E-state index is 0.317. The van der Waals surface area contributed by atoms with Crippen LogP contribution in [0.1, 0.15) is 46.5 Å². The lowest BCUT2D eigenvalue weighted by molar-refractivity contribution is 0.0525. The van der Waals surface area contributed by atoms with Crippen molar-refractivity contribution < 1.29 is 9.53 Å². The van der Waals surface area contributed by atoms with E-state index in [9.17, 15) is 4.79 Å². The number of aromatic nitrogens is 3. The predicted octanol–water partition coefficient (Wildman–Crippen LogP) is 2.70. The van der Waals surface area contributed by atoms with Crippen molar-refractivity contribution in [3.63, 3.8) is 0 Å². The number of hydrogen-bond donors (Lipinski definition) is 0. The van der Waals surface area contributed by atoms with E-state index in [0.29, 0.717) is 11.6 Å². The Kier molecular flexibility index (Phi) is 4.66. The highest BCUT2D eigenvalue weighted by Gasteiger charge is 2.24. The molecule has 3 heterocycles. The molecule has 0 N–H and O–H groups in total. The number of hydrogen-bond acceptors (Lipinski definition) is 6. The molecule has 0 fully saturated rings. The van der Waals surface area contributed by atoms with E-state index in [-0.39, 0.29) is 5.97 Å². The minimum atomic E-state index is -0.317. The van der Waals surface area contributed by atoms with Crippen molar-refractivity contribution in [2.45, 2.75) is 39.7 Å². The second kappa shape index (κ2) is 6.70. The molecule has 6 nitrogen and oxygen atoms in total. The lowest BCUT2D eigenvalue weighted by Gasteiger charge is -2.21. The third-order valence-electron chi connectivity index (χ3n) is 4.20. The molecular formula is C16H22N4O2S. The average Bonchev–Trinajstić information content (AvgIpc) is 3.03. The summed E-state index contributed by atoms with van der Waals surface area (Å²) >= 11 is 1.45. The highest BCUT2D eigenvalue weighted by atomic mass is 32.1. The number of carbonyl (C=O) groups is 1. The Hall–Kier alpha value is -1.89. The fraction of sp³-hybridized carbons (Fsp3) is 0.562. The van der Waals surface area contributed by atoms with Crippen molar-refractivity contribution >= 4 is 22.3 Å². The normalized spacial score (nSPS) is 14.5. The highest BCUT2D eigenvalue weighted by molar-refractivity contribution is 7.17. The van der Waals surface area contributed by atoms with Gasteiger partial charge < -0.3 is 9.64 Å². The van der Waals surface area contributed by atoms with Crippen molar-refractivity contribution in [1.82, 2.24) is 14.8 Å². The molecule has 0 amide bonds. The molecule has 3 rings (SSSR count). The van der Waals surface area contributed by atoms with E-state index in [1.807, 2.05) is 24.9 Å². The van der Waals surface area contributed by atoms with Gasteiger partial charge in [-0.05, 0) is 33.1 Å². The standard InChI is InChI=1S/C16H22N4O2S/c1-4-22-16(21)14-18-13-7-5-6-8-20(15(13)23-14)10-12-9-17-19(3)11(12)2/h9H,4-8,10H2,1-3H3. The summed E-state index contributed by atoms with van der Waals surface area (Å²) < 4.78 is 6.98. The highest BCUT2D eigenvalue weighted by Crippen LogP contribution is 2.34. The van der Waals surface area contributed by atoms with Gasteiger partial charge in [0.2, 0.25) is 5.01 Å². The Morgan fingerprint density at radius 2 is 2.26 bits per heavy atom. The molecule has 23 heavy (non-hydrogen) atoms. The topological polar surface area (TPSA) is 60.2 Å². The van der Waals surface area contributed by atoms with Gasteiger partial charge in [0.1, 0.15) is 5.00 Å². The number of ether oxygens (including phenoxy) is 1. The smallest absolute Gasteiger partial charge is 0.367 e. The first-order valence-corrected chi connectivity index (χ1v) is 8.81. The Bertz CT molecular complexity index is 707. The molecule has 0 unspecified atom stereocenters. The van der Waals surface area contributed by atoms with Gasteiger partial charge in [-0.2, -0.15) is 5.10 Å². The lowest BCUT2D eigenvalue weighted by Crippen LogP contribution is -2.22. The molecule has 1 aliphatic heterocycles. The van der Waals surface area contributed by atoms with Crippen LogP contribution in [-0.4, -0.2) is 33.9 Å². The monoisotopic (exact) mass is 334 g/mol. The molecule has 0 spiro atoms. The summed E-state index contributed by atoms with van der Waals surface area (Å²) in [5.74, 6) is -0.317. The Labute approximate surface area is 140 Å². The van der Waals surface area contributed by atoms with Gasteiger partial charge in [0.05, 0.1) is 18.5 Å². The summed E-state index contributed by atoms with van der Waals surface area (Å²) in [5, 5.41) is 5.89. The van der Waals surface area contributed by atoms with Gasteiger partial charge in [0, 0.05) is 31.4 Å². The van der Waals surface area contributed by atoms with Crippen LogP contribution in [0, 0.1) is 6.92 Å². The number of esters is 1. The van der Waals surface area contributed by atoms with Crippen LogP contribution < -0.4 is 4.90 Å². The Balaban J connectivity index is 1.88. The van der Waals surface area contributed by atoms with Crippen LogP contribution in [0.25, 0.3) is 0 Å². The third kappa shape index (κ3) is 3.24. The van der Waals surface area contributed by atoms with E-state index in [1.165, 1.54) is 22.6 Å². The zero-order chi connectivity index (χ0) is 16.4. The Morgan fingerprint density at radius 3 is 2.96 bits per heavy atom. The second-order valence-electron chi connectivity index (χ2n) is 5.75. The summed E-state index contributed by atoms with van der Waals surface area (Å²) in [5.41, 5.74) is 3.41. The first-order chi connectivity index (χ1) is 11.1. The molecule has 1 aliphatic rings. The van der Waals surface area contributed by atoms with Crippen molar-refractivity contribution in [2.75, 3.05) is 18.1 Å². The maximum absolute atomic E-state index is 12.0. The first-order valence-electron chi connectivity index (χ1n) is 7.99. The van der Waals surface area contributed by atoms with Crippen molar-refractivity contribution in [2.24, 2.45) is 7.05 Å². The summed E-state index contributed by atoms with van der Waals surface area (Å²) in [4.78, 5) is 18.8. The summed E-state index contributed by atoms with van der Waals surface area (Å²) in [6.45, 7) is 6.05. The molecular weight excluding hydrogens is 312 g/mol. The zero-order valence-corrected chi connectivity index (χ0v) is 14.7. The molecule has 124 valence electrons. The predicted molar refractivity (Wildman–Crippen MR) is 90.0 cm³/mol. The van der Waals surface area contributed by atoms with Gasteiger partial charge in [-0.25, -0.2) is 9.78 Å². The molecule has 0 aromatic carbocycles. The summed E-state index contributed by atoms with van der Waals surface area (Å²) in [6.07, 6.45) is 5.08. The van der Waals surface area contributed by atoms with E-state index in [2.05, 4.69) is 21.9 Å². The van der Waals surface area contributed by atoms with Gasteiger partial charge in [-0.3, -0.25) is 4.68 Å². The van der Waals surface area contributed by atoms with Crippen LogP contribution >= 0.6 is 11.3 Å². The number of thiazole rings is 1. The number of anilines is 1. The van der Waals surface area contributed by atoms with E-state index in [1.54, 1.807) is 0 Å². The lowest BCUT2D eigenvalue weighted by atomic mass is 10.2. The van der Waals surface area contributed by atoms with E-state index < -0.39 is 0 Å². The fourth-order valence-corrected chi connectivity index (χ4v) is 3.82. The number of nitrogens with zero attached hydrogens (tertiary/aromatic N) is 4. The molecule has 2 aromatic heterocycles. The SMILES string of the molecule is CCOC(=O)c1nc2c(s1)N(Cc1cnn(C)c1C)CCCC2. The van der Waals surface area contributed by atoms with Crippen LogP contribution in [-0.2, 0) is 24.8 Å². The van der Waals surface area contributed by atoms with Crippen molar-refractivity contribution in [3.05, 3.63) is 28.2 Å². The maximum Gasteiger partial charge on any atom is 0.367 e. The van der Waals surface area contributed by atoms with Gasteiger partial charge >= 0.3 is 5.97 Å². The van der Waals surface area contributed by atoms with E-state index >= 15 is 0 Å². The number of rotatable bonds is 4. The largest absolute Gasteiger partial charge is 0.461 e. The molecule has 0 saturated carbocycles. The van der Waals surface area contributed by atoms with E-state index in [4.69, 9.17) is 4.74 Å². The summed E-state index contributed by atoms with van der Waals surface area (Å²) in [6, 6.07) is 0. The zero-order valence-electron chi connectivity index (χ0n) is 13.8. The van der Waals surface area contributed by atoms with Crippen LogP contribution in [0.3, 0.4) is 0 Å². The van der Waals surface area contributed by atoms with Crippen molar-refractivity contribution in [3.8, 4) is 0 Å². The molecule has 0 bridgehead atoms. The second-order valence-corrected chi connectivity index (χ2v) is 6.73. The van der Waals surface area contributed by atoms with Crippen LogP contribution in [0.2, 0.25) is 0 Å². The van der Waals surface area contributed by atoms with Crippen molar-refractivity contribution in [1.29, 1.82) is 0 Å². The Morgan fingerprint density at radius 1 is 1.43 bits per heavy atom. The number of fused-ring (bicyclic) bond motifs is 1. The third-order valence-corrected chi connectivity index (χ3v) is 5.34. The van der Waals surface area contributed by atoms with Crippen LogP contribution in [0.15, 0.2) is 6.20 Å². The van der Waals surface area contributed by atoms with Gasteiger partial charge in [-0.15, -0.1) is 0 Å². The first kappa shape index (κ1) is 16.0.